The van der Waals surface area contributed by atoms with Gasteiger partial charge in [0, 0.05) is 18.2 Å². The van der Waals surface area contributed by atoms with Gasteiger partial charge in [0.15, 0.2) is 10.8 Å². The second-order valence-electron chi connectivity index (χ2n) is 5.23. The number of hydrogen-bond donors (Lipinski definition) is 2. The second kappa shape index (κ2) is 6.45. The number of imidazole rings is 1. The normalized spacial score (nSPS) is 11.8. The van der Waals surface area contributed by atoms with Gasteiger partial charge in [-0.15, -0.1) is 0 Å². The minimum atomic E-state index is -0.289. The molecule has 2 aromatic heterocycles. The number of hydrogen-bond acceptors (Lipinski definition) is 3. The lowest BCUT2D eigenvalue weighted by Gasteiger charge is -2.29. The smallest absolute Gasteiger partial charge is 0.271 e. The zero-order valence-electron chi connectivity index (χ0n) is 12.3. The summed E-state index contributed by atoms with van der Waals surface area (Å²) in [5.74, 6) is -0.279. The van der Waals surface area contributed by atoms with E-state index in [4.69, 9.17) is 11.6 Å². The summed E-state index contributed by atoms with van der Waals surface area (Å²) in [5, 5.41) is 12.6. The molecule has 0 spiro atoms. The van der Waals surface area contributed by atoms with Crippen LogP contribution in [0.1, 0.15) is 37.2 Å². The fraction of sp³-hybridized carbons (Fsp3) is 0.467. The first-order valence-corrected chi connectivity index (χ1v) is 7.46. The van der Waals surface area contributed by atoms with Crippen molar-refractivity contribution in [2.24, 2.45) is 5.41 Å². The lowest BCUT2D eigenvalue weighted by Crippen LogP contribution is -2.39. The van der Waals surface area contributed by atoms with Crippen molar-refractivity contribution in [2.75, 3.05) is 13.2 Å². The van der Waals surface area contributed by atoms with E-state index in [1.807, 2.05) is 26.0 Å². The molecule has 0 aromatic carbocycles. The van der Waals surface area contributed by atoms with Gasteiger partial charge >= 0.3 is 0 Å². The molecule has 0 atom stereocenters. The monoisotopic (exact) mass is 309 g/mol. The molecule has 0 unspecified atom stereocenters. The largest absolute Gasteiger partial charge is 0.396 e. The van der Waals surface area contributed by atoms with Gasteiger partial charge in [-0.25, -0.2) is 4.98 Å². The van der Waals surface area contributed by atoms with E-state index in [1.54, 1.807) is 16.7 Å². The number of fused-ring (bicyclic) bond motifs is 1. The fourth-order valence-electron chi connectivity index (χ4n) is 2.30. The highest BCUT2D eigenvalue weighted by Gasteiger charge is 2.27. The SMILES string of the molecule is CCC(CC)(CO)CNC(=O)c1c(Cl)nc2ccccn12. The van der Waals surface area contributed by atoms with Gasteiger partial charge in [-0.1, -0.05) is 31.5 Å². The average molecular weight is 310 g/mol. The number of nitrogens with zero attached hydrogens (tertiary/aromatic N) is 2. The minimum Gasteiger partial charge on any atom is -0.396 e. The number of aromatic nitrogens is 2. The van der Waals surface area contributed by atoms with Crippen molar-refractivity contribution < 1.29 is 9.90 Å². The number of pyridine rings is 1. The number of aliphatic hydroxyl groups excluding tert-OH is 1. The number of nitrogens with one attached hydrogen (secondary N) is 1. The summed E-state index contributed by atoms with van der Waals surface area (Å²) in [6.07, 6.45) is 3.34. The van der Waals surface area contributed by atoms with E-state index in [0.717, 1.165) is 12.8 Å². The molecule has 2 rings (SSSR count). The van der Waals surface area contributed by atoms with Crippen LogP contribution in [0.4, 0.5) is 0 Å². The zero-order chi connectivity index (χ0) is 15.5. The highest BCUT2D eigenvalue weighted by molar-refractivity contribution is 6.32. The van der Waals surface area contributed by atoms with Crippen LogP contribution in [0.25, 0.3) is 5.65 Å². The molecule has 5 nitrogen and oxygen atoms in total. The Hall–Kier alpha value is -1.59. The molecule has 0 aliphatic rings. The van der Waals surface area contributed by atoms with Gasteiger partial charge < -0.3 is 10.4 Å². The molecular weight excluding hydrogens is 290 g/mol. The molecule has 114 valence electrons. The number of carbonyl (C=O) groups is 1. The topological polar surface area (TPSA) is 66.6 Å². The van der Waals surface area contributed by atoms with Crippen LogP contribution in [0.5, 0.6) is 0 Å². The minimum absolute atomic E-state index is 0.0428. The van der Waals surface area contributed by atoms with E-state index in [9.17, 15) is 9.90 Å². The Kier molecular flexibility index (Phi) is 4.85. The summed E-state index contributed by atoms with van der Waals surface area (Å²) < 4.78 is 1.66. The third kappa shape index (κ3) is 3.04. The van der Waals surface area contributed by atoms with Gasteiger partial charge in [-0.2, -0.15) is 0 Å². The van der Waals surface area contributed by atoms with E-state index < -0.39 is 0 Å². The third-order valence-corrected chi connectivity index (χ3v) is 4.43. The van der Waals surface area contributed by atoms with Crippen molar-refractivity contribution >= 4 is 23.2 Å². The van der Waals surface area contributed by atoms with Crippen molar-refractivity contribution in [2.45, 2.75) is 26.7 Å². The third-order valence-electron chi connectivity index (χ3n) is 4.16. The van der Waals surface area contributed by atoms with Gasteiger partial charge in [-0.3, -0.25) is 9.20 Å². The van der Waals surface area contributed by atoms with Crippen LogP contribution in [-0.2, 0) is 0 Å². The summed E-state index contributed by atoms with van der Waals surface area (Å²) in [6, 6.07) is 5.45. The second-order valence-corrected chi connectivity index (χ2v) is 5.59. The van der Waals surface area contributed by atoms with Crippen LogP contribution in [0.15, 0.2) is 24.4 Å². The Morgan fingerprint density at radius 2 is 2.14 bits per heavy atom. The van der Waals surface area contributed by atoms with Crippen LogP contribution in [0, 0.1) is 5.41 Å². The lowest BCUT2D eigenvalue weighted by atomic mass is 9.83. The highest BCUT2D eigenvalue weighted by atomic mass is 35.5. The van der Waals surface area contributed by atoms with Gasteiger partial charge in [0.1, 0.15) is 5.65 Å². The molecule has 0 saturated heterocycles. The standard InChI is InChI=1S/C15H20ClN3O2/c1-3-15(4-2,10-20)9-17-14(21)12-13(16)18-11-7-5-6-8-19(11)12/h5-8,20H,3-4,9-10H2,1-2H3,(H,17,21). The predicted octanol–water partition coefficient (Wildman–Crippen LogP) is 2.52. The van der Waals surface area contributed by atoms with Crippen LogP contribution in [0.2, 0.25) is 5.15 Å². The summed E-state index contributed by atoms with van der Waals surface area (Å²) in [4.78, 5) is 16.6. The van der Waals surface area contributed by atoms with Crippen LogP contribution in [-0.4, -0.2) is 33.6 Å². The molecule has 2 aromatic rings. The number of halogens is 1. The maximum absolute atomic E-state index is 12.4. The van der Waals surface area contributed by atoms with E-state index >= 15 is 0 Å². The Labute approximate surface area is 128 Å². The first-order valence-electron chi connectivity index (χ1n) is 7.08. The molecule has 21 heavy (non-hydrogen) atoms. The van der Waals surface area contributed by atoms with E-state index in [1.165, 1.54) is 0 Å². The number of aliphatic hydroxyl groups is 1. The van der Waals surface area contributed by atoms with Crippen LogP contribution < -0.4 is 5.32 Å². The molecular formula is C15H20ClN3O2. The lowest BCUT2D eigenvalue weighted by molar-refractivity contribution is 0.0846. The van der Waals surface area contributed by atoms with Gasteiger partial charge in [0.2, 0.25) is 0 Å². The zero-order valence-corrected chi connectivity index (χ0v) is 13.0. The quantitative estimate of drug-likeness (QED) is 0.861. The van der Waals surface area contributed by atoms with Crippen molar-refractivity contribution in [3.8, 4) is 0 Å². The summed E-state index contributed by atoms with van der Waals surface area (Å²) >= 11 is 6.07. The predicted molar refractivity (Wildman–Crippen MR) is 82.6 cm³/mol. The molecule has 0 radical (unpaired) electrons. The highest BCUT2D eigenvalue weighted by Crippen LogP contribution is 2.25. The molecule has 2 N–H and O–H groups in total. The number of carbonyl (C=O) groups excluding carboxylic acids is 1. The molecule has 0 aliphatic heterocycles. The van der Waals surface area contributed by atoms with E-state index in [-0.39, 0.29) is 23.1 Å². The van der Waals surface area contributed by atoms with Crippen LogP contribution in [0.3, 0.4) is 0 Å². The first-order chi connectivity index (χ1) is 10.1. The van der Waals surface area contributed by atoms with Crippen molar-refractivity contribution in [3.63, 3.8) is 0 Å². The Morgan fingerprint density at radius 1 is 1.43 bits per heavy atom. The number of amides is 1. The van der Waals surface area contributed by atoms with Crippen molar-refractivity contribution in [3.05, 3.63) is 35.2 Å². The first kappa shape index (κ1) is 15.8. The molecule has 1 amide bonds. The van der Waals surface area contributed by atoms with Crippen molar-refractivity contribution in [1.82, 2.24) is 14.7 Å². The molecule has 6 heteroatoms. The summed E-state index contributed by atoms with van der Waals surface area (Å²) in [6.45, 7) is 4.47. The Bertz CT molecular complexity index is 627. The molecule has 0 fully saturated rings. The van der Waals surface area contributed by atoms with E-state index in [2.05, 4.69) is 10.3 Å². The Morgan fingerprint density at radius 3 is 2.76 bits per heavy atom. The van der Waals surface area contributed by atoms with Crippen LogP contribution >= 0.6 is 11.6 Å². The van der Waals surface area contributed by atoms with E-state index in [0.29, 0.717) is 17.9 Å². The average Bonchev–Trinajstić information content (AvgIpc) is 2.85. The van der Waals surface area contributed by atoms with Gasteiger partial charge in [0.25, 0.3) is 5.91 Å². The van der Waals surface area contributed by atoms with Gasteiger partial charge in [0.05, 0.1) is 6.61 Å². The molecule has 0 aliphatic carbocycles. The van der Waals surface area contributed by atoms with Crippen molar-refractivity contribution in [1.29, 1.82) is 0 Å². The molecule has 0 bridgehead atoms. The maximum atomic E-state index is 12.4. The maximum Gasteiger partial charge on any atom is 0.271 e. The Balaban J connectivity index is 2.21. The molecule has 0 saturated carbocycles. The number of rotatable bonds is 6. The molecule has 2 heterocycles. The van der Waals surface area contributed by atoms with Gasteiger partial charge in [-0.05, 0) is 25.0 Å². The summed E-state index contributed by atoms with van der Waals surface area (Å²) in [7, 11) is 0. The fourth-order valence-corrected chi connectivity index (χ4v) is 2.56. The summed E-state index contributed by atoms with van der Waals surface area (Å²) in [5.41, 5.74) is 0.668.